The summed E-state index contributed by atoms with van der Waals surface area (Å²) in [5.41, 5.74) is 2.04. The summed E-state index contributed by atoms with van der Waals surface area (Å²) in [4.78, 5) is 18.5. The predicted octanol–water partition coefficient (Wildman–Crippen LogP) is 3.68. The molecule has 3 aromatic rings. The number of fused-ring (bicyclic) bond motifs is 1. The smallest absolute Gasteiger partial charge is 0.415 e. The van der Waals surface area contributed by atoms with Crippen LogP contribution in [0.5, 0.6) is 0 Å². The second-order valence-electron chi connectivity index (χ2n) is 9.26. The molecule has 1 fully saturated rings. The number of nitrogens with zero attached hydrogens (tertiary/aromatic N) is 6. The third-order valence-electron chi connectivity index (χ3n) is 5.58. The molecule has 0 aromatic carbocycles. The first-order valence-electron chi connectivity index (χ1n) is 10.6. The summed E-state index contributed by atoms with van der Waals surface area (Å²) < 4.78 is 9.26. The number of aryl methyl sites for hydroxylation is 1. The van der Waals surface area contributed by atoms with Crippen molar-refractivity contribution in [3.05, 3.63) is 24.7 Å². The molecule has 1 N–H and O–H groups in total. The van der Waals surface area contributed by atoms with E-state index in [0.717, 1.165) is 47.8 Å². The van der Waals surface area contributed by atoms with E-state index in [4.69, 9.17) is 9.84 Å². The van der Waals surface area contributed by atoms with Gasteiger partial charge in [0.25, 0.3) is 0 Å². The van der Waals surface area contributed by atoms with Crippen molar-refractivity contribution in [1.29, 1.82) is 0 Å². The molecule has 4 rings (SSSR count). The summed E-state index contributed by atoms with van der Waals surface area (Å²) in [6.45, 7) is 5.51. The van der Waals surface area contributed by atoms with E-state index in [1.165, 1.54) is 4.90 Å². The van der Waals surface area contributed by atoms with Crippen LogP contribution < -0.4 is 4.90 Å². The highest BCUT2D eigenvalue weighted by Crippen LogP contribution is 2.35. The Morgan fingerprint density at radius 1 is 1.23 bits per heavy atom. The van der Waals surface area contributed by atoms with Crippen LogP contribution in [0.15, 0.2) is 24.7 Å². The monoisotopic (exact) mass is 426 g/mol. The van der Waals surface area contributed by atoms with E-state index in [0.29, 0.717) is 5.82 Å². The lowest BCUT2D eigenvalue weighted by Crippen LogP contribution is -2.34. The quantitative estimate of drug-likeness (QED) is 0.686. The molecule has 1 aliphatic carbocycles. The predicted molar refractivity (Wildman–Crippen MR) is 118 cm³/mol. The van der Waals surface area contributed by atoms with Crippen molar-refractivity contribution in [1.82, 2.24) is 24.5 Å². The third-order valence-corrected chi connectivity index (χ3v) is 5.58. The van der Waals surface area contributed by atoms with Crippen LogP contribution in [-0.4, -0.2) is 54.5 Å². The van der Waals surface area contributed by atoms with Gasteiger partial charge in [0.1, 0.15) is 17.1 Å². The van der Waals surface area contributed by atoms with Gasteiger partial charge in [0.2, 0.25) is 0 Å². The SMILES string of the molecule is CN(C(=O)OC(C)(C)C)c1cc2c(cn1)c(-c1cnn(C)c1)nn2C1CCC(O)CC1. The average molecular weight is 427 g/mol. The van der Waals surface area contributed by atoms with E-state index in [9.17, 15) is 9.90 Å². The summed E-state index contributed by atoms with van der Waals surface area (Å²) in [5.74, 6) is 0.497. The van der Waals surface area contributed by atoms with Crippen LogP contribution in [0.3, 0.4) is 0 Å². The first-order chi connectivity index (χ1) is 14.6. The number of aliphatic hydroxyl groups is 1. The summed E-state index contributed by atoms with van der Waals surface area (Å²) in [7, 11) is 3.53. The molecule has 0 atom stereocenters. The minimum absolute atomic E-state index is 0.179. The van der Waals surface area contributed by atoms with Gasteiger partial charge in [-0.2, -0.15) is 10.2 Å². The number of hydrogen-bond acceptors (Lipinski definition) is 6. The lowest BCUT2D eigenvalue weighted by atomic mass is 9.93. The van der Waals surface area contributed by atoms with Gasteiger partial charge in [0.15, 0.2) is 0 Å². The van der Waals surface area contributed by atoms with E-state index in [1.807, 2.05) is 44.8 Å². The fourth-order valence-corrected chi connectivity index (χ4v) is 3.97. The lowest BCUT2D eigenvalue weighted by molar-refractivity contribution is 0.0588. The molecule has 0 bridgehead atoms. The molecule has 1 aliphatic rings. The van der Waals surface area contributed by atoms with Crippen molar-refractivity contribution in [3.63, 3.8) is 0 Å². The summed E-state index contributed by atoms with van der Waals surface area (Å²) >= 11 is 0. The molecule has 0 radical (unpaired) electrons. The van der Waals surface area contributed by atoms with Gasteiger partial charge in [0, 0.05) is 43.5 Å². The maximum absolute atomic E-state index is 12.5. The fraction of sp³-hybridized carbons (Fsp3) is 0.545. The molecule has 0 spiro atoms. The van der Waals surface area contributed by atoms with Crippen molar-refractivity contribution >= 4 is 22.8 Å². The van der Waals surface area contributed by atoms with Gasteiger partial charge >= 0.3 is 6.09 Å². The number of pyridine rings is 1. The number of carbonyl (C=O) groups excluding carboxylic acids is 1. The van der Waals surface area contributed by atoms with E-state index in [1.54, 1.807) is 24.1 Å². The standard InChI is InChI=1S/C22H30N6O3/c1-22(2,3)31-21(30)27(5)19-10-18-17(12-23-19)20(14-11-24-26(4)13-14)25-28(18)15-6-8-16(29)9-7-15/h10-13,15-16,29H,6-9H2,1-5H3. The van der Waals surface area contributed by atoms with Gasteiger partial charge in [-0.25, -0.2) is 9.78 Å². The van der Waals surface area contributed by atoms with Crippen molar-refractivity contribution in [2.45, 2.75) is 64.2 Å². The van der Waals surface area contributed by atoms with Gasteiger partial charge in [-0.1, -0.05) is 0 Å². The Kier molecular flexibility index (Phi) is 5.47. The van der Waals surface area contributed by atoms with E-state index >= 15 is 0 Å². The maximum atomic E-state index is 12.5. The zero-order valence-corrected chi connectivity index (χ0v) is 18.7. The molecule has 0 unspecified atom stereocenters. The highest BCUT2D eigenvalue weighted by Gasteiger charge is 2.27. The Balaban J connectivity index is 1.77. The second-order valence-corrected chi connectivity index (χ2v) is 9.26. The van der Waals surface area contributed by atoms with E-state index < -0.39 is 11.7 Å². The Hall–Kier alpha value is -2.94. The summed E-state index contributed by atoms with van der Waals surface area (Å²) in [6.07, 6.45) is 7.98. The molecular weight excluding hydrogens is 396 g/mol. The van der Waals surface area contributed by atoms with Crippen LogP contribution in [0.4, 0.5) is 10.6 Å². The molecule has 1 saturated carbocycles. The Bertz CT molecular complexity index is 1090. The van der Waals surface area contributed by atoms with Crippen LogP contribution >= 0.6 is 0 Å². The lowest BCUT2D eigenvalue weighted by Gasteiger charge is -2.26. The normalized spacial score (nSPS) is 19.5. The number of aromatic nitrogens is 5. The van der Waals surface area contributed by atoms with Crippen LogP contribution in [0.25, 0.3) is 22.2 Å². The number of ether oxygens (including phenoxy) is 1. The van der Waals surface area contributed by atoms with Gasteiger partial charge in [-0.3, -0.25) is 14.3 Å². The van der Waals surface area contributed by atoms with E-state index in [-0.39, 0.29) is 12.1 Å². The third kappa shape index (κ3) is 4.41. The maximum Gasteiger partial charge on any atom is 0.415 e. The molecule has 0 saturated heterocycles. The number of anilines is 1. The summed E-state index contributed by atoms with van der Waals surface area (Å²) in [5, 5.41) is 20.1. The van der Waals surface area contributed by atoms with E-state index in [2.05, 4.69) is 10.1 Å². The number of hydrogen-bond donors (Lipinski definition) is 1. The molecule has 1 amide bonds. The first kappa shape index (κ1) is 21.3. The van der Waals surface area contributed by atoms with Crippen LogP contribution in [-0.2, 0) is 11.8 Å². The Morgan fingerprint density at radius 2 is 1.94 bits per heavy atom. The highest BCUT2D eigenvalue weighted by molar-refractivity contribution is 5.95. The molecule has 166 valence electrons. The molecule has 3 aromatic heterocycles. The number of carbonyl (C=O) groups is 1. The number of aliphatic hydroxyl groups excluding tert-OH is 1. The van der Waals surface area contributed by atoms with Crippen LogP contribution in [0.2, 0.25) is 0 Å². The van der Waals surface area contributed by atoms with Gasteiger partial charge in [-0.15, -0.1) is 0 Å². The Labute approximate surface area is 181 Å². The summed E-state index contributed by atoms with van der Waals surface area (Å²) in [6, 6.07) is 2.07. The van der Waals surface area contributed by atoms with Crippen molar-refractivity contribution in [2.24, 2.45) is 7.05 Å². The number of amides is 1. The molecule has 0 aliphatic heterocycles. The molecule has 3 heterocycles. The largest absolute Gasteiger partial charge is 0.443 e. The second kappa shape index (κ2) is 7.96. The molecular formula is C22H30N6O3. The number of rotatable bonds is 3. The minimum Gasteiger partial charge on any atom is -0.443 e. The highest BCUT2D eigenvalue weighted by atomic mass is 16.6. The van der Waals surface area contributed by atoms with Crippen molar-refractivity contribution in [3.8, 4) is 11.3 Å². The average Bonchev–Trinajstić information content (AvgIpc) is 3.30. The van der Waals surface area contributed by atoms with Gasteiger partial charge < -0.3 is 9.84 Å². The van der Waals surface area contributed by atoms with Crippen LogP contribution in [0.1, 0.15) is 52.5 Å². The fourth-order valence-electron chi connectivity index (χ4n) is 3.97. The van der Waals surface area contributed by atoms with Crippen molar-refractivity contribution < 1.29 is 14.6 Å². The molecule has 31 heavy (non-hydrogen) atoms. The Morgan fingerprint density at radius 3 is 2.55 bits per heavy atom. The zero-order chi connectivity index (χ0) is 22.3. The van der Waals surface area contributed by atoms with Crippen LogP contribution in [0, 0.1) is 0 Å². The molecule has 9 nitrogen and oxygen atoms in total. The van der Waals surface area contributed by atoms with Gasteiger partial charge in [-0.05, 0) is 46.5 Å². The zero-order valence-electron chi connectivity index (χ0n) is 18.7. The topological polar surface area (TPSA) is 98.3 Å². The van der Waals surface area contributed by atoms with Crippen molar-refractivity contribution in [2.75, 3.05) is 11.9 Å². The minimum atomic E-state index is -0.590. The first-order valence-corrected chi connectivity index (χ1v) is 10.6. The molecule has 9 heteroatoms. The van der Waals surface area contributed by atoms with Gasteiger partial charge in [0.05, 0.1) is 23.9 Å².